The summed E-state index contributed by atoms with van der Waals surface area (Å²) in [6.07, 6.45) is 0. The lowest BCUT2D eigenvalue weighted by atomic mass is 10.1. The second kappa shape index (κ2) is 5.44. The summed E-state index contributed by atoms with van der Waals surface area (Å²) in [6.45, 7) is 1.88. The van der Waals surface area contributed by atoms with Crippen molar-refractivity contribution in [2.75, 3.05) is 0 Å². The minimum absolute atomic E-state index is 0.0955. The predicted molar refractivity (Wildman–Crippen MR) is 70.9 cm³/mol. The molecule has 0 aliphatic heterocycles. The number of hydrogen-bond donors (Lipinski definition) is 1. The molecule has 0 atom stereocenters. The SMILES string of the molecule is Cc1cc(SCc2cc(C(=O)O)ccc2F)n(C)n1. The van der Waals surface area contributed by atoms with Crippen molar-refractivity contribution in [1.29, 1.82) is 0 Å². The van der Waals surface area contributed by atoms with Gasteiger partial charge in [-0.1, -0.05) is 0 Å². The molecule has 0 bridgehead atoms. The number of rotatable bonds is 4. The molecule has 0 unspecified atom stereocenters. The molecule has 1 aromatic heterocycles. The van der Waals surface area contributed by atoms with Crippen molar-refractivity contribution in [3.63, 3.8) is 0 Å². The average Bonchev–Trinajstić information content (AvgIpc) is 2.66. The summed E-state index contributed by atoms with van der Waals surface area (Å²) in [5.74, 6) is -1.08. The van der Waals surface area contributed by atoms with Crippen LogP contribution in [0.4, 0.5) is 4.39 Å². The van der Waals surface area contributed by atoms with Crippen LogP contribution < -0.4 is 0 Å². The average molecular weight is 280 g/mol. The quantitative estimate of drug-likeness (QED) is 0.875. The van der Waals surface area contributed by atoms with E-state index in [1.54, 1.807) is 4.68 Å². The molecule has 0 aliphatic carbocycles. The van der Waals surface area contributed by atoms with Gasteiger partial charge in [0.2, 0.25) is 0 Å². The molecule has 0 saturated heterocycles. The number of aryl methyl sites for hydroxylation is 2. The Labute approximate surface area is 114 Å². The highest BCUT2D eigenvalue weighted by Gasteiger charge is 2.10. The Balaban J connectivity index is 2.17. The zero-order valence-electron chi connectivity index (χ0n) is 10.6. The summed E-state index contributed by atoms with van der Waals surface area (Å²) in [6, 6.07) is 5.73. The number of benzene rings is 1. The number of carbonyl (C=O) groups is 1. The molecule has 6 heteroatoms. The van der Waals surface area contributed by atoms with Crippen LogP contribution >= 0.6 is 11.8 Å². The first-order chi connectivity index (χ1) is 8.97. The normalized spacial score (nSPS) is 10.7. The third kappa shape index (κ3) is 3.14. The molecule has 2 rings (SSSR count). The van der Waals surface area contributed by atoms with Gasteiger partial charge in [-0.2, -0.15) is 5.10 Å². The molecule has 0 spiro atoms. The smallest absolute Gasteiger partial charge is 0.335 e. The summed E-state index contributed by atoms with van der Waals surface area (Å²) >= 11 is 1.42. The van der Waals surface area contributed by atoms with Gasteiger partial charge in [0.15, 0.2) is 0 Å². The maximum atomic E-state index is 13.6. The minimum Gasteiger partial charge on any atom is -0.478 e. The molecule has 0 fully saturated rings. The Morgan fingerprint density at radius 3 is 2.79 bits per heavy atom. The molecule has 1 heterocycles. The first-order valence-electron chi connectivity index (χ1n) is 5.62. The number of thioether (sulfide) groups is 1. The molecule has 0 saturated carbocycles. The molecule has 0 radical (unpaired) electrons. The van der Waals surface area contributed by atoms with Crippen molar-refractivity contribution in [1.82, 2.24) is 9.78 Å². The molecule has 0 amide bonds. The number of carboxylic acids is 1. The van der Waals surface area contributed by atoms with Crippen LogP contribution in [0.1, 0.15) is 21.6 Å². The zero-order valence-corrected chi connectivity index (χ0v) is 11.4. The predicted octanol–water partition coefficient (Wildman–Crippen LogP) is 2.86. The molecule has 1 aromatic carbocycles. The van der Waals surface area contributed by atoms with Gasteiger partial charge in [0.05, 0.1) is 16.3 Å². The van der Waals surface area contributed by atoms with Crippen molar-refractivity contribution in [2.45, 2.75) is 17.7 Å². The van der Waals surface area contributed by atoms with Crippen molar-refractivity contribution in [3.8, 4) is 0 Å². The van der Waals surface area contributed by atoms with Crippen molar-refractivity contribution < 1.29 is 14.3 Å². The van der Waals surface area contributed by atoms with Crippen molar-refractivity contribution >= 4 is 17.7 Å². The summed E-state index contributed by atoms with van der Waals surface area (Å²) in [7, 11) is 1.82. The van der Waals surface area contributed by atoms with Gasteiger partial charge in [-0.3, -0.25) is 4.68 Å². The van der Waals surface area contributed by atoms with Gasteiger partial charge in [-0.15, -0.1) is 11.8 Å². The van der Waals surface area contributed by atoms with Crippen LogP contribution in [0.3, 0.4) is 0 Å². The standard InChI is InChI=1S/C13H13FN2O2S/c1-8-5-12(16(2)15-8)19-7-10-6-9(13(17)18)3-4-11(10)14/h3-6H,7H2,1-2H3,(H,17,18). The first kappa shape index (κ1) is 13.6. The Morgan fingerprint density at radius 1 is 1.47 bits per heavy atom. The van der Waals surface area contributed by atoms with E-state index in [0.29, 0.717) is 11.3 Å². The summed E-state index contributed by atoms with van der Waals surface area (Å²) in [5.41, 5.74) is 1.37. The first-order valence-corrected chi connectivity index (χ1v) is 6.61. The molecular formula is C13H13FN2O2S. The molecule has 19 heavy (non-hydrogen) atoms. The van der Waals surface area contributed by atoms with Gasteiger partial charge < -0.3 is 5.11 Å². The monoisotopic (exact) mass is 280 g/mol. The van der Waals surface area contributed by atoms with Crippen LogP contribution in [0.2, 0.25) is 0 Å². The van der Waals surface area contributed by atoms with E-state index in [4.69, 9.17) is 5.11 Å². The maximum Gasteiger partial charge on any atom is 0.335 e. The van der Waals surface area contributed by atoms with Gasteiger partial charge in [-0.25, -0.2) is 9.18 Å². The maximum absolute atomic E-state index is 13.6. The zero-order chi connectivity index (χ0) is 14.0. The highest BCUT2D eigenvalue weighted by atomic mass is 32.2. The Morgan fingerprint density at radius 2 is 2.21 bits per heavy atom. The lowest BCUT2D eigenvalue weighted by molar-refractivity contribution is 0.0696. The second-order valence-electron chi connectivity index (χ2n) is 4.15. The molecule has 1 N–H and O–H groups in total. The van der Waals surface area contributed by atoms with Gasteiger partial charge in [0, 0.05) is 12.8 Å². The topological polar surface area (TPSA) is 55.1 Å². The van der Waals surface area contributed by atoms with Gasteiger partial charge in [0.25, 0.3) is 0 Å². The van der Waals surface area contributed by atoms with Crippen LogP contribution in [0, 0.1) is 12.7 Å². The fraction of sp³-hybridized carbons (Fsp3) is 0.231. The number of aromatic carboxylic acids is 1. The largest absolute Gasteiger partial charge is 0.478 e. The van der Waals surface area contributed by atoms with Gasteiger partial charge in [0.1, 0.15) is 5.82 Å². The lowest BCUT2D eigenvalue weighted by Crippen LogP contribution is -1.99. The van der Waals surface area contributed by atoms with Crippen LogP contribution in [0.15, 0.2) is 29.3 Å². The lowest BCUT2D eigenvalue weighted by Gasteiger charge is -2.05. The third-order valence-corrected chi connectivity index (χ3v) is 3.76. The van der Waals surface area contributed by atoms with Gasteiger partial charge >= 0.3 is 5.97 Å². The summed E-state index contributed by atoms with van der Waals surface area (Å²) in [4.78, 5) is 10.9. The Hall–Kier alpha value is -1.82. The van der Waals surface area contributed by atoms with Crippen LogP contribution in [-0.4, -0.2) is 20.9 Å². The van der Waals surface area contributed by atoms with Crippen LogP contribution in [0.25, 0.3) is 0 Å². The number of halogens is 1. The fourth-order valence-electron chi connectivity index (χ4n) is 1.69. The Kier molecular flexibility index (Phi) is 3.90. The van der Waals surface area contributed by atoms with E-state index in [-0.39, 0.29) is 5.56 Å². The fourth-order valence-corrected chi connectivity index (χ4v) is 2.70. The molecule has 4 nitrogen and oxygen atoms in total. The highest BCUT2D eigenvalue weighted by molar-refractivity contribution is 7.98. The van der Waals surface area contributed by atoms with Crippen LogP contribution in [0.5, 0.6) is 0 Å². The Bertz CT molecular complexity index is 625. The molecule has 100 valence electrons. The van der Waals surface area contributed by atoms with E-state index in [1.807, 2.05) is 20.0 Å². The van der Waals surface area contributed by atoms with Crippen molar-refractivity contribution in [2.24, 2.45) is 7.05 Å². The van der Waals surface area contributed by atoms with E-state index in [1.165, 1.54) is 30.0 Å². The molecule has 0 aliphatic rings. The second-order valence-corrected chi connectivity index (χ2v) is 5.14. The van der Waals surface area contributed by atoms with E-state index in [2.05, 4.69) is 5.10 Å². The van der Waals surface area contributed by atoms with Crippen LogP contribution in [-0.2, 0) is 12.8 Å². The number of carboxylic acid groups (broad SMARTS) is 1. The number of nitrogens with zero attached hydrogens (tertiary/aromatic N) is 2. The molecular weight excluding hydrogens is 267 g/mol. The third-order valence-electron chi connectivity index (χ3n) is 2.63. The number of aromatic nitrogens is 2. The van der Waals surface area contributed by atoms with E-state index in [9.17, 15) is 9.18 Å². The summed E-state index contributed by atoms with van der Waals surface area (Å²) < 4.78 is 15.3. The summed E-state index contributed by atoms with van der Waals surface area (Å²) in [5, 5.41) is 14.0. The van der Waals surface area contributed by atoms with Crippen molar-refractivity contribution in [3.05, 3.63) is 46.9 Å². The molecule has 2 aromatic rings. The highest BCUT2D eigenvalue weighted by Crippen LogP contribution is 2.25. The minimum atomic E-state index is -1.05. The van der Waals surface area contributed by atoms with E-state index in [0.717, 1.165) is 10.7 Å². The van der Waals surface area contributed by atoms with E-state index >= 15 is 0 Å². The van der Waals surface area contributed by atoms with E-state index < -0.39 is 11.8 Å². The number of hydrogen-bond acceptors (Lipinski definition) is 3. The van der Waals surface area contributed by atoms with Gasteiger partial charge in [-0.05, 0) is 36.8 Å².